The van der Waals surface area contributed by atoms with Crippen molar-refractivity contribution in [1.29, 1.82) is 0 Å². The third-order valence-electron chi connectivity index (χ3n) is 3.74. The molecule has 1 aliphatic rings. The Morgan fingerprint density at radius 3 is 2.50 bits per heavy atom. The first kappa shape index (κ1) is 13.3. The molecule has 0 radical (unpaired) electrons. The van der Waals surface area contributed by atoms with E-state index in [-0.39, 0.29) is 10.0 Å². The second-order valence-electron chi connectivity index (χ2n) is 4.81. The van der Waals surface area contributed by atoms with Crippen LogP contribution in [0.4, 0.5) is 4.39 Å². The molecular weight excluding hydrogens is 303 g/mol. The SMILES string of the molecule is Cc1cc(C2(C(=O)O)CCCC2)c(F)c(O)c1Br. The molecule has 1 aromatic rings. The number of phenolic OH excluding ortho intramolecular Hbond substituents is 1. The highest BCUT2D eigenvalue weighted by Crippen LogP contribution is 2.46. The van der Waals surface area contributed by atoms with E-state index in [4.69, 9.17) is 0 Å². The number of phenols is 1. The fourth-order valence-corrected chi connectivity index (χ4v) is 2.97. The molecule has 0 aromatic heterocycles. The number of carboxylic acids is 1. The highest BCUT2D eigenvalue weighted by atomic mass is 79.9. The van der Waals surface area contributed by atoms with Crippen LogP contribution >= 0.6 is 15.9 Å². The van der Waals surface area contributed by atoms with Crippen LogP contribution in [0.25, 0.3) is 0 Å². The first-order chi connectivity index (χ1) is 8.40. The molecule has 0 saturated heterocycles. The van der Waals surface area contributed by atoms with Crippen LogP contribution in [0.15, 0.2) is 10.5 Å². The van der Waals surface area contributed by atoms with Gasteiger partial charge < -0.3 is 10.2 Å². The summed E-state index contributed by atoms with van der Waals surface area (Å²) in [5.41, 5.74) is -0.449. The number of aryl methyl sites for hydroxylation is 1. The van der Waals surface area contributed by atoms with Gasteiger partial charge in [-0.15, -0.1) is 0 Å². The molecule has 18 heavy (non-hydrogen) atoms. The van der Waals surface area contributed by atoms with Crippen LogP contribution < -0.4 is 0 Å². The number of benzene rings is 1. The van der Waals surface area contributed by atoms with Crippen LogP contribution in [0.2, 0.25) is 0 Å². The second-order valence-corrected chi connectivity index (χ2v) is 5.60. The maximum Gasteiger partial charge on any atom is 0.314 e. The van der Waals surface area contributed by atoms with E-state index in [0.29, 0.717) is 18.4 Å². The monoisotopic (exact) mass is 316 g/mol. The molecule has 2 rings (SSSR count). The van der Waals surface area contributed by atoms with E-state index < -0.39 is 23.0 Å². The zero-order valence-corrected chi connectivity index (χ0v) is 11.6. The van der Waals surface area contributed by atoms with Crippen molar-refractivity contribution in [2.45, 2.75) is 38.0 Å². The van der Waals surface area contributed by atoms with Gasteiger partial charge in [0, 0.05) is 5.56 Å². The van der Waals surface area contributed by atoms with Gasteiger partial charge in [0.1, 0.15) is 0 Å². The van der Waals surface area contributed by atoms with Crippen LogP contribution in [0.1, 0.15) is 36.8 Å². The van der Waals surface area contributed by atoms with Crippen molar-refractivity contribution in [1.82, 2.24) is 0 Å². The molecule has 1 aromatic carbocycles. The molecule has 1 aliphatic carbocycles. The van der Waals surface area contributed by atoms with Gasteiger partial charge in [-0.05, 0) is 41.3 Å². The second kappa shape index (κ2) is 4.53. The van der Waals surface area contributed by atoms with E-state index in [1.165, 1.54) is 6.07 Å². The van der Waals surface area contributed by atoms with Gasteiger partial charge in [0.25, 0.3) is 0 Å². The topological polar surface area (TPSA) is 57.5 Å². The molecule has 0 aliphatic heterocycles. The van der Waals surface area contributed by atoms with Gasteiger partial charge in [0.15, 0.2) is 11.6 Å². The largest absolute Gasteiger partial charge is 0.504 e. The molecule has 0 amide bonds. The van der Waals surface area contributed by atoms with E-state index in [0.717, 1.165) is 12.8 Å². The minimum atomic E-state index is -1.19. The highest BCUT2D eigenvalue weighted by molar-refractivity contribution is 9.10. The number of aromatic hydroxyl groups is 1. The number of hydrogen-bond donors (Lipinski definition) is 2. The smallest absolute Gasteiger partial charge is 0.314 e. The standard InChI is InChI=1S/C13H14BrFO3/c1-7-6-8(10(15)11(16)9(7)14)13(12(17)18)4-2-3-5-13/h6,16H,2-5H2,1H3,(H,17,18). The normalized spacial score (nSPS) is 17.9. The number of carbonyl (C=O) groups is 1. The average Bonchev–Trinajstić information content (AvgIpc) is 2.81. The van der Waals surface area contributed by atoms with Crippen molar-refractivity contribution in [2.75, 3.05) is 0 Å². The molecule has 98 valence electrons. The fraction of sp³-hybridized carbons (Fsp3) is 0.462. The summed E-state index contributed by atoms with van der Waals surface area (Å²) in [5.74, 6) is -2.34. The average molecular weight is 317 g/mol. The Bertz CT molecular complexity index is 507. The van der Waals surface area contributed by atoms with Crippen molar-refractivity contribution in [2.24, 2.45) is 0 Å². The van der Waals surface area contributed by atoms with E-state index in [1.807, 2.05) is 0 Å². The Morgan fingerprint density at radius 2 is 2.00 bits per heavy atom. The number of carboxylic acid groups (broad SMARTS) is 1. The Labute approximate surface area is 113 Å². The fourth-order valence-electron chi connectivity index (χ4n) is 2.68. The first-order valence-corrected chi connectivity index (χ1v) is 6.61. The lowest BCUT2D eigenvalue weighted by Crippen LogP contribution is -2.33. The molecule has 0 heterocycles. The van der Waals surface area contributed by atoms with E-state index >= 15 is 0 Å². The summed E-state index contributed by atoms with van der Waals surface area (Å²) in [6, 6.07) is 1.53. The predicted molar refractivity (Wildman–Crippen MR) is 68.3 cm³/mol. The molecule has 1 saturated carbocycles. The summed E-state index contributed by atoms with van der Waals surface area (Å²) in [6.07, 6.45) is 2.36. The molecule has 1 fully saturated rings. The Hall–Kier alpha value is -1.10. The van der Waals surface area contributed by atoms with Crippen molar-refractivity contribution < 1.29 is 19.4 Å². The number of aliphatic carboxylic acids is 1. The van der Waals surface area contributed by atoms with Gasteiger partial charge in [-0.1, -0.05) is 18.9 Å². The maximum absolute atomic E-state index is 14.2. The summed E-state index contributed by atoms with van der Waals surface area (Å²) in [6.45, 7) is 1.71. The van der Waals surface area contributed by atoms with Crippen molar-refractivity contribution in [3.05, 3.63) is 27.5 Å². The van der Waals surface area contributed by atoms with Gasteiger partial charge in [-0.3, -0.25) is 4.79 Å². The Kier molecular flexibility index (Phi) is 3.36. The van der Waals surface area contributed by atoms with Crippen LogP contribution in [0, 0.1) is 12.7 Å². The Balaban J connectivity index is 2.67. The van der Waals surface area contributed by atoms with E-state index in [1.54, 1.807) is 6.92 Å². The van der Waals surface area contributed by atoms with E-state index in [2.05, 4.69) is 15.9 Å². The van der Waals surface area contributed by atoms with Crippen LogP contribution in [0.3, 0.4) is 0 Å². The van der Waals surface area contributed by atoms with E-state index in [9.17, 15) is 19.4 Å². The summed E-state index contributed by atoms with van der Waals surface area (Å²) in [5, 5.41) is 19.1. The summed E-state index contributed by atoms with van der Waals surface area (Å²) in [4.78, 5) is 11.5. The third kappa shape index (κ3) is 1.81. The molecule has 5 heteroatoms. The maximum atomic E-state index is 14.2. The zero-order chi connectivity index (χ0) is 13.5. The third-order valence-corrected chi connectivity index (χ3v) is 4.74. The quantitative estimate of drug-likeness (QED) is 0.878. The Morgan fingerprint density at radius 1 is 1.44 bits per heavy atom. The minimum absolute atomic E-state index is 0.103. The van der Waals surface area contributed by atoms with Gasteiger partial charge in [0.05, 0.1) is 9.89 Å². The van der Waals surface area contributed by atoms with Gasteiger partial charge in [-0.25, -0.2) is 4.39 Å². The summed E-state index contributed by atoms with van der Waals surface area (Å²) >= 11 is 3.09. The highest BCUT2D eigenvalue weighted by Gasteiger charge is 2.45. The molecule has 3 nitrogen and oxygen atoms in total. The summed E-state index contributed by atoms with van der Waals surface area (Å²) < 4.78 is 14.4. The molecule has 0 unspecified atom stereocenters. The number of hydrogen-bond acceptors (Lipinski definition) is 2. The number of rotatable bonds is 2. The van der Waals surface area contributed by atoms with Crippen molar-refractivity contribution in [3.8, 4) is 5.75 Å². The lowest BCUT2D eigenvalue weighted by Gasteiger charge is -2.26. The van der Waals surface area contributed by atoms with Gasteiger partial charge in [-0.2, -0.15) is 0 Å². The molecular formula is C13H14BrFO3. The van der Waals surface area contributed by atoms with Crippen LogP contribution in [-0.4, -0.2) is 16.2 Å². The van der Waals surface area contributed by atoms with Crippen LogP contribution in [0.5, 0.6) is 5.75 Å². The minimum Gasteiger partial charge on any atom is -0.504 e. The molecule has 0 spiro atoms. The van der Waals surface area contributed by atoms with Gasteiger partial charge in [0.2, 0.25) is 0 Å². The molecule has 2 N–H and O–H groups in total. The molecule has 0 atom stereocenters. The van der Waals surface area contributed by atoms with Crippen LogP contribution in [-0.2, 0) is 10.2 Å². The zero-order valence-electron chi connectivity index (χ0n) is 9.96. The lowest BCUT2D eigenvalue weighted by molar-refractivity contribution is -0.143. The summed E-state index contributed by atoms with van der Waals surface area (Å²) in [7, 11) is 0. The molecule has 0 bridgehead atoms. The van der Waals surface area contributed by atoms with Crippen molar-refractivity contribution in [3.63, 3.8) is 0 Å². The van der Waals surface area contributed by atoms with Crippen molar-refractivity contribution >= 4 is 21.9 Å². The lowest BCUT2D eigenvalue weighted by atomic mass is 9.78. The van der Waals surface area contributed by atoms with Gasteiger partial charge >= 0.3 is 5.97 Å². The number of halogens is 2. The predicted octanol–water partition coefficient (Wildman–Crippen LogP) is 3.50. The first-order valence-electron chi connectivity index (χ1n) is 5.81.